The van der Waals surface area contributed by atoms with Gasteiger partial charge in [0, 0.05) is 19.5 Å². The third-order valence-corrected chi connectivity index (χ3v) is 6.50. The van der Waals surface area contributed by atoms with Gasteiger partial charge in [0.05, 0.1) is 0 Å². The van der Waals surface area contributed by atoms with Crippen LogP contribution in [0.25, 0.3) is 0 Å². The predicted octanol–water partition coefficient (Wildman–Crippen LogP) is 3.83. The van der Waals surface area contributed by atoms with Gasteiger partial charge >= 0.3 is 6.09 Å². The summed E-state index contributed by atoms with van der Waals surface area (Å²) in [5.74, 6) is -0.656. The molecule has 0 radical (unpaired) electrons. The molecule has 3 aromatic rings. The normalized spacial score (nSPS) is 17.4. The van der Waals surface area contributed by atoms with Crippen LogP contribution in [0.5, 0.6) is 0 Å². The first-order valence-corrected chi connectivity index (χ1v) is 12.1. The van der Waals surface area contributed by atoms with Gasteiger partial charge in [-0.3, -0.25) is 14.5 Å². The van der Waals surface area contributed by atoms with Crippen molar-refractivity contribution in [3.63, 3.8) is 0 Å². The fraction of sp³-hybridized carbons (Fsp3) is 0.276. The van der Waals surface area contributed by atoms with Crippen molar-refractivity contribution in [2.45, 2.75) is 44.5 Å². The number of carbonyl (C=O) groups is 3. The summed E-state index contributed by atoms with van der Waals surface area (Å²) in [5, 5.41) is 5.69. The van der Waals surface area contributed by atoms with E-state index in [2.05, 4.69) is 10.6 Å². The van der Waals surface area contributed by atoms with Crippen molar-refractivity contribution in [3.05, 3.63) is 108 Å². The number of ether oxygens (including phenoxy) is 1. The molecule has 186 valence electrons. The van der Waals surface area contributed by atoms with Gasteiger partial charge in [0.2, 0.25) is 11.8 Å². The third-order valence-electron chi connectivity index (χ3n) is 6.50. The molecule has 1 aliphatic rings. The topological polar surface area (TPSA) is 87.7 Å². The Kier molecular flexibility index (Phi) is 8.00. The Morgan fingerprint density at radius 3 is 1.97 bits per heavy atom. The highest BCUT2D eigenvalue weighted by Crippen LogP contribution is 2.35. The van der Waals surface area contributed by atoms with E-state index < -0.39 is 17.7 Å². The van der Waals surface area contributed by atoms with Crippen LogP contribution in [0.2, 0.25) is 0 Å². The zero-order valence-corrected chi connectivity index (χ0v) is 20.4. The molecule has 36 heavy (non-hydrogen) atoms. The predicted molar refractivity (Wildman–Crippen MR) is 137 cm³/mol. The van der Waals surface area contributed by atoms with Gasteiger partial charge in [0.1, 0.15) is 18.2 Å². The van der Waals surface area contributed by atoms with E-state index in [9.17, 15) is 14.4 Å². The van der Waals surface area contributed by atoms with Crippen LogP contribution < -0.4 is 10.6 Å². The number of nitrogens with zero attached hydrogens (tertiary/aromatic N) is 1. The molecular weight excluding hydrogens is 454 g/mol. The lowest BCUT2D eigenvalue weighted by Crippen LogP contribution is -2.71. The highest BCUT2D eigenvalue weighted by atomic mass is 16.6. The van der Waals surface area contributed by atoms with Gasteiger partial charge in [-0.25, -0.2) is 4.79 Å². The first kappa shape index (κ1) is 25.0. The molecule has 2 N–H and O–H groups in total. The van der Waals surface area contributed by atoms with Crippen LogP contribution in [0, 0.1) is 0 Å². The highest BCUT2D eigenvalue weighted by molar-refractivity contribution is 5.95. The monoisotopic (exact) mass is 485 g/mol. The molecule has 3 aromatic carbocycles. The maximum absolute atomic E-state index is 13.6. The van der Waals surface area contributed by atoms with E-state index in [0.29, 0.717) is 25.9 Å². The van der Waals surface area contributed by atoms with Gasteiger partial charge in [-0.2, -0.15) is 0 Å². The van der Waals surface area contributed by atoms with Crippen molar-refractivity contribution in [1.29, 1.82) is 0 Å². The maximum atomic E-state index is 13.6. The Bertz CT molecular complexity index is 1170. The van der Waals surface area contributed by atoms with Crippen molar-refractivity contribution >= 4 is 17.9 Å². The molecule has 4 rings (SSSR count). The summed E-state index contributed by atoms with van der Waals surface area (Å²) in [6.07, 6.45) is 0.266. The molecule has 0 spiro atoms. The quantitative estimate of drug-likeness (QED) is 0.482. The van der Waals surface area contributed by atoms with Crippen LogP contribution in [0.15, 0.2) is 91.0 Å². The molecule has 0 aromatic heterocycles. The summed E-state index contributed by atoms with van der Waals surface area (Å²) in [5.41, 5.74) is 1.64. The maximum Gasteiger partial charge on any atom is 0.411 e. The number of likely N-dealkylation sites (tertiary alicyclic amines) is 1. The minimum absolute atomic E-state index is 0.123. The van der Waals surface area contributed by atoms with Gasteiger partial charge in [0.25, 0.3) is 0 Å². The molecule has 1 heterocycles. The van der Waals surface area contributed by atoms with Crippen molar-refractivity contribution < 1.29 is 19.1 Å². The smallest absolute Gasteiger partial charge is 0.411 e. The van der Waals surface area contributed by atoms with E-state index in [4.69, 9.17) is 4.74 Å². The molecule has 1 aliphatic heterocycles. The number of hydrogen-bond donors (Lipinski definition) is 2. The Morgan fingerprint density at radius 1 is 0.861 bits per heavy atom. The largest absolute Gasteiger partial charge is 0.445 e. The summed E-state index contributed by atoms with van der Waals surface area (Å²) in [4.78, 5) is 40.8. The number of benzene rings is 3. The van der Waals surface area contributed by atoms with Gasteiger partial charge in [0.15, 0.2) is 0 Å². The SMILES string of the molecule is C[C@H](NC(=O)[C@]1(Cc2ccccc2)CCN1C(=O)OCc1ccccc1)C(=O)NCc1ccccc1. The number of amides is 3. The second-order valence-electron chi connectivity index (χ2n) is 9.03. The molecule has 1 fully saturated rings. The molecule has 7 heteroatoms. The average Bonchev–Trinajstić information content (AvgIpc) is 2.90. The van der Waals surface area contributed by atoms with Crippen molar-refractivity contribution in [3.8, 4) is 0 Å². The standard InChI is InChI=1S/C29H31N3O4/c1-22(26(33)30-20-24-13-7-3-8-14-24)31-27(34)29(19-23-11-5-2-6-12-23)17-18-32(29)28(35)36-21-25-15-9-4-10-16-25/h2-16,22H,17-21H2,1H3,(H,30,33)(H,31,34)/t22-,29+/m0/s1. The number of nitrogens with one attached hydrogen (secondary N) is 2. The Morgan fingerprint density at radius 2 is 1.42 bits per heavy atom. The molecule has 0 aliphatic carbocycles. The lowest BCUT2D eigenvalue weighted by Gasteiger charge is -2.50. The summed E-state index contributed by atoms with van der Waals surface area (Å²) in [6.45, 7) is 2.54. The number of hydrogen-bond acceptors (Lipinski definition) is 4. The second kappa shape index (κ2) is 11.5. The molecule has 7 nitrogen and oxygen atoms in total. The zero-order valence-electron chi connectivity index (χ0n) is 20.4. The Balaban J connectivity index is 1.44. The van der Waals surface area contributed by atoms with Crippen LogP contribution in [0.3, 0.4) is 0 Å². The van der Waals surface area contributed by atoms with Gasteiger partial charge in [-0.1, -0.05) is 91.0 Å². The molecule has 3 amide bonds. The first-order chi connectivity index (χ1) is 17.5. The summed E-state index contributed by atoms with van der Waals surface area (Å²) in [6, 6.07) is 27.8. The highest BCUT2D eigenvalue weighted by Gasteiger charge is 2.54. The van der Waals surface area contributed by atoms with E-state index in [1.54, 1.807) is 6.92 Å². The summed E-state index contributed by atoms with van der Waals surface area (Å²) < 4.78 is 5.54. The van der Waals surface area contributed by atoms with Crippen molar-refractivity contribution in [1.82, 2.24) is 15.5 Å². The molecule has 0 bridgehead atoms. The molecule has 0 unspecified atom stereocenters. The molecule has 2 atom stereocenters. The van der Waals surface area contributed by atoms with E-state index in [1.165, 1.54) is 4.90 Å². The van der Waals surface area contributed by atoms with Gasteiger partial charge in [-0.15, -0.1) is 0 Å². The van der Waals surface area contributed by atoms with E-state index >= 15 is 0 Å². The number of carbonyl (C=O) groups excluding carboxylic acids is 3. The summed E-state index contributed by atoms with van der Waals surface area (Å²) >= 11 is 0. The van der Waals surface area contributed by atoms with Crippen molar-refractivity contribution in [2.75, 3.05) is 6.54 Å². The van der Waals surface area contributed by atoms with Crippen LogP contribution in [-0.4, -0.2) is 40.9 Å². The minimum atomic E-state index is -1.12. The average molecular weight is 486 g/mol. The van der Waals surface area contributed by atoms with Crippen LogP contribution in [-0.2, 0) is 33.9 Å². The Labute approximate surface area is 211 Å². The van der Waals surface area contributed by atoms with E-state index in [0.717, 1.165) is 16.7 Å². The molecule has 0 saturated carbocycles. The van der Waals surface area contributed by atoms with Crippen LogP contribution >= 0.6 is 0 Å². The zero-order chi connectivity index (χ0) is 25.4. The third kappa shape index (κ3) is 5.92. The lowest BCUT2D eigenvalue weighted by atomic mass is 9.78. The van der Waals surface area contributed by atoms with Gasteiger partial charge in [-0.05, 0) is 30.0 Å². The van der Waals surface area contributed by atoms with Crippen LogP contribution in [0.4, 0.5) is 4.79 Å². The van der Waals surface area contributed by atoms with Crippen molar-refractivity contribution in [2.24, 2.45) is 0 Å². The summed E-state index contributed by atoms with van der Waals surface area (Å²) in [7, 11) is 0. The Hall–Kier alpha value is -4.13. The van der Waals surface area contributed by atoms with E-state index in [1.807, 2.05) is 91.0 Å². The second-order valence-corrected chi connectivity index (χ2v) is 9.03. The van der Waals surface area contributed by atoms with Crippen LogP contribution in [0.1, 0.15) is 30.0 Å². The first-order valence-electron chi connectivity index (χ1n) is 12.1. The molecule has 1 saturated heterocycles. The molecular formula is C29H31N3O4. The fourth-order valence-corrected chi connectivity index (χ4v) is 4.33. The number of rotatable bonds is 9. The minimum Gasteiger partial charge on any atom is -0.445 e. The van der Waals surface area contributed by atoms with Gasteiger partial charge < -0.3 is 15.4 Å². The van der Waals surface area contributed by atoms with E-state index in [-0.39, 0.29) is 18.4 Å². The lowest BCUT2D eigenvalue weighted by molar-refractivity contribution is -0.143. The fourth-order valence-electron chi connectivity index (χ4n) is 4.33.